The number of benzene rings is 1. The summed E-state index contributed by atoms with van der Waals surface area (Å²) < 4.78 is 5.05. The summed E-state index contributed by atoms with van der Waals surface area (Å²) >= 11 is 0. The van der Waals surface area contributed by atoms with Gasteiger partial charge in [0.2, 0.25) is 0 Å². The minimum Gasteiger partial charge on any atom is -0.497 e. The van der Waals surface area contributed by atoms with E-state index in [2.05, 4.69) is 13.2 Å². The summed E-state index contributed by atoms with van der Waals surface area (Å²) in [6, 6.07) is 6.74. The lowest BCUT2D eigenvalue weighted by Crippen LogP contribution is -2.15. The van der Waals surface area contributed by atoms with E-state index in [-0.39, 0.29) is 18.6 Å². The third-order valence-corrected chi connectivity index (χ3v) is 3.28. The number of ketones is 1. The van der Waals surface area contributed by atoms with Crippen molar-refractivity contribution in [1.29, 1.82) is 0 Å². The standard InChI is InChI=1S/C18H20O4/c1-4-6-13(5-2)15(12-18(20)21)11-17(19)14-7-9-16(22-3)10-8-14/h4-10,15H,1-2,11-12H2,3H3,(H,20,21)/b13-6+. The van der Waals surface area contributed by atoms with Gasteiger partial charge in [0.1, 0.15) is 5.75 Å². The Bertz CT molecular complexity index is 582. The summed E-state index contributed by atoms with van der Waals surface area (Å²) in [7, 11) is 1.55. The van der Waals surface area contributed by atoms with Gasteiger partial charge in [0.05, 0.1) is 13.5 Å². The summed E-state index contributed by atoms with van der Waals surface area (Å²) in [6.45, 7) is 7.27. The molecule has 1 aromatic carbocycles. The number of methoxy groups -OCH3 is 1. The molecule has 0 bridgehead atoms. The first-order valence-corrected chi connectivity index (χ1v) is 6.86. The fourth-order valence-corrected chi connectivity index (χ4v) is 2.14. The maximum absolute atomic E-state index is 12.3. The largest absolute Gasteiger partial charge is 0.497 e. The van der Waals surface area contributed by atoms with Crippen molar-refractivity contribution in [2.45, 2.75) is 12.8 Å². The zero-order chi connectivity index (χ0) is 16.5. The lowest BCUT2D eigenvalue weighted by Gasteiger charge is -2.15. The molecule has 1 aromatic rings. The number of carbonyl (C=O) groups excluding carboxylic acids is 1. The quantitative estimate of drug-likeness (QED) is 0.558. The third-order valence-electron chi connectivity index (χ3n) is 3.28. The van der Waals surface area contributed by atoms with Gasteiger partial charge in [0.15, 0.2) is 5.78 Å². The van der Waals surface area contributed by atoms with Gasteiger partial charge >= 0.3 is 5.97 Å². The second-order valence-electron chi connectivity index (χ2n) is 4.76. The average Bonchev–Trinajstić information content (AvgIpc) is 2.51. The first-order valence-electron chi connectivity index (χ1n) is 6.86. The number of hydrogen-bond donors (Lipinski definition) is 1. The number of carboxylic acid groups (broad SMARTS) is 1. The van der Waals surface area contributed by atoms with Crippen LogP contribution in [0.3, 0.4) is 0 Å². The highest BCUT2D eigenvalue weighted by Gasteiger charge is 2.20. The second-order valence-corrected chi connectivity index (χ2v) is 4.76. The van der Waals surface area contributed by atoms with Crippen LogP contribution in [0, 0.1) is 5.92 Å². The second kappa shape index (κ2) is 8.62. The summed E-state index contributed by atoms with van der Waals surface area (Å²) in [4.78, 5) is 23.4. The smallest absolute Gasteiger partial charge is 0.303 e. The molecule has 1 atom stereocenters. The molecule has 0 saturated heterocycles. The number of ether oxygens (including phenoxy) is 1. The molecule has 1 rings (SSSR count). The lowest BCUT2D eigenvalue weighted by atomic mass is 9.88. The van der Waals surface area contributed by atoms with Crippen LogP contribution in [0.4, 0.5) is 0 Å². The number of carbonyl (C=O) groups is 2. The van der Waals surface area contributed by atoms with Crippen LogP contribution < -0.4 is 4.74 Å². The molecule has 0 aliphatic heterocycles. The Balaban J connectivity index is 2.94. The van der Waals surface area contributed by atoms with Gasteiger partial charge in [-0.3, -0.25) is 9.59 Å². The number of allylic oxidation sites excluding steroid dienone is 4. The van der Waals surface area contributed by atoms with Crippen molar-refractivity contribution >= 4 is 11.8 Å². The number of rotatable bonds is 9. The molecule has 0 amide bonds. The Hall–Kier alpha value is -2.62. The summed E-state index contributed by atoms with van der Waals surface area (Å²) in [5.41, 5.74) is 1.22. The van der Waals surface area contributed by atoms with E-state index in [0.717, 1.165) is 0 Å². The molecule has 0 radical (unpaired) electrons. The molecule has 0 aromatic heterocycles. The zero-order valence-corrected chi connectivity index (χ0v) is 12.6. The minimum absolute atomic E-state index is 0.102. The molecule has 0 fully saturated rings. The summed E-state index contributed by atoms with van der Waals surface area (Å²) in [5.74, 6) is -0.838. The highest BCUT2D eigenvalue weighted by Crippen LogP contribution is 2.23. The molecule has 0 aliphatic rings. The van der Waals surface area contributed by atoms with E-state index in [1.807, 2.05) is 0 Å². The minimum atomic E-state index is -0.954. The Morgan fingerprint density at radius 3 is 2.32 bits per heavy atom. The van der Waals surface area contributed by atoms with Gasteiger partial charge < -0.3 is 9.84 Å². The predicted octanol–water partition coefficient (Wildman–Crippen LogP) is 3.66. The van der Waals surface area contributed by atoms with Crippen molar-refractivity contribution in [2.75, 3.05) is 7.11 Å². The first-order chi connectivity index (χ1) is 10.5. The molecule has 4 nitrogen and oxygen atoms in total. The molecule has 22 heavy (non-hydrogen) atoms. The van der Waals surface area contributed by atoms with E-state index in [9.17, 15) is 9.59 Å². The van der Waals surface area contributed by atoms with E-state index in [4.69, 9.17) is 9.84 Å². The highest BCUT2D eigenvalue weighted by molar-refractivity contribution is 5.96. The Labute approximate surface area is 130 Å². The van der Waals surface area contributed by atoms with E-state index >= 15 is 0 Å². The molecular weight excluding hydrogens is 280 g/mol. The monoisotopic (exact) mass is 300 g/mol. The normalized spacial score (nSPS) is 12.3. The first kappa shape index (κ1) is 17.4. The van der Waals surface area contributed by atoms with Crippen molar-refractivity contribution < 1.29 is 19.4 Å². The van der Waals surface area contributed by atoms with Crippen LogP contribution in [-0.4, -0.2) is 24.0 Å². The van der Waals surface area contributed by atoms with Crippen molar-refractivity contribution in [3.05, 3.63) is 66.8 Å². The van der Waals surface area contributed by atoms with Crippen LogP contribution in [0.1, 0.15) is 23.2 Å². The SMILES string of the molecule is C=C/C=C(\C=C)C(CC(=O)O)CC(=O)c1ccc(OC)cc1. The van der Waals surface area contributed by atoms with E-state index in [1.54, 1.807) is 49.6 Å². The maximum atomic E-state index is 12.3. The molecule has 0 aliphatic carbocycles. The van der Waals surface area contributed by atoms with Crippen LogP contribution in [0.15, 0.2) is 61.2 Å². The van der Waals surface area contributed by atoms with Gasteiger partial charge in [-0.05, 0) is 29.8 Å². The topological polar surface area (TPSA) is 63.6 Å². The molecular formula is C18H20O4. The zero-order valence-electron chi connectivity index (χ0n) is 12.6. The highest BCUT2D eigenvalue weighted by atomic mass is 16.5. The number of hydrogen-bond acceptors (Lipinski definition) is 3. The maximum Gasteiger partial charge on any atom is 0.303 e. The van der Waals surface area contributed by atoms with Gasteiger partial charge in [-0.15, -0.1) is 0 Å². The Morgan fingerprint density at radius 1 is 1.23 bits per heavy atom. The van der Waals surface area contributed by atoms with Crippen LogP contribution >= 0.6 is 0 Å². The van der Waals surface area contributed by atoms with Gasteiger partial charge in [-0.2, -0.15) is 0 Å². The van der Waals surface area contributed by atoms with E-state index in [1.165, 1.54) is 0 Å². The number of Topliss-reactive ketones (excluding diaryl/α,β-unsaturated/α-hetero) is 1. The van der Waals surface area contributed by atoms with Gasteiger partial charge in [-0.25, -0.2) is 0 Å². The fourth-order valence-electron chi connectivity index (χ4n) is 2.14. The molecule has 1 unspecified atom stereocenters. The van der Waals surface area contributed by atoms with Crippen LogP contribution in [-0.2, 0) is 4.79 Å². The van der Waals surface area contributed by atoms with Crippen molar-refractivity contribution in [3.63, 3.8) is 0 Å². The molecule has 0 saturated carbocycles. The van der Waals surface area contributed by atoms with Gasteiger partial charge in [0.25, 0.3) is 0 Å². The molecule has 4 heteroatoms. The van der Waals surface area contributed by atoms with Crippen LogP contribution in [0.5, 0.6) is 5.75 Å². The van der Waals surface area contributed by atoms with E-state index in [0.29, 0.717) is 16.9 Å². The lowest BCUT2D eigenvalue weighted by molar-refractivity contribution is -0.137. The fraction of sp³-hybridized carbons (Fsp3) is 0.222. The Kier molecular flexibility index (Phi) is 6.83. The van der Waals surface area contributed by atoms with Crippen LogP contribution in [0.2, 0.25) is 0 Å². The molecule has 0 spiro atoms. The number of carboxylic acids is 1. The Morgan fingerprint density at radius 2 is 1.86 bits per heavy atom. The van der Waals surface area contributed by atoms with Crippen LogP contribution in [0.25, 0.3) is 0 Å². The van der Waals surface area contributed by atoms with Gasteiger partial charge in [-0.1, -0.05) is 31.4 Å². The van der Waals surface area contributed by atoms with Crippen molar-refractivity contribution in [3.8, 4) is 5.75 Å². The van der Waals surface area contributed by atoms with Crippen molar-refractivity contribution in [1.82, 2.24) is 0 Å². The molecule has 1 N–H and O–H groups in total. The molecule has 116 valence electrons. The third kappa shape index (κ3) is 5.05. The summed E-state index contributed by atoms with van der Waals surface area (Å²) in [5, 5.41) is 9.03. The average molecular weight is 300 g/mol. The van der Waals surface area contributed by atoms with Crippen molar-refractivity contribution in [2.24, 2.45) is 5.92 Å². The molecule has 0 heterocycles. The van der Waals surface area contributed by atoms with E-state index < -0.39 is 11.9 Å². The van der Waals surface area contributed by atoms with Gasteiger partial charge in [0, 0.05) is 17.9 Å². The summed E-state index contributed by atoms with van der Waals surface area (Å²) in [6.07, 6.45) is 4.78. The predicted molar refractivity (Wildman–Crippen MR) is 86.2 cm³/mol. The number of aliphatic carboxylic acids is 1.